The van der Waals surface area contributed by atoms with E-state index in [9.17, 15) is 4.79 Å². The summed E-state index contributed by atoms with van der Waals surface area (Å²) in [5.41, 5.74) is 1.61. The van der Waals surface area contributed by atoms with E-state index in [0.29, 0.717) is 11.6 Å². The molecule has 1 saturated carbocycles. The molecule has 7 nitrogen and oxygen atoms in total. The van der Waals surface area contributed by atoms with E-state index >= 15 is 0 Å². The van der Waals surface area contributed by atoms with Gasteiger partial charge in [-0.05, 0) is 43.0 Å². The second-order valence-corrected chi connectivity index (χ2v) is 8.24. The minimum absolute atomic E-state index is 0.133. The maximum atomic E-state index is 12.7. The highest BCUT2D eigenvalue weighted by Gasteiger charge is 2.25. The minimum atomic E-state index is -0.133. The molecule has 31 heavy (non-hydrogen) atoms. The molecule has 0 bridgehead atoms. The Balaban J connectivity index is 1.33. The number of hydrogen-bond acceptors (Lipinski definition) is 6. The molecule has 160 valence electrons. The normalized spacial score (nSPS) is 16.4. The molecule has 0 unspecified atom stereocenters. The zero-order valence-corrected chi connectivity index (χ0v) is 17.8. The summed E-state index contributed by atoms with van der Waals surface area (Å²) < 4.78 is 5.26. The number of piperazine rings is 1. The van der Waals surface area contributed by atoms with Gasteiger partial charge in [-0.15, -0.1) is 10.2 Å². The van der Waals surface area contributed by atoms with Gasteiger partial charge < -0.3 is 19.9 Å². The molecule has 2 fully saturated rings. The topological polar surface area (TPSA) is 70.6 Å². The average molecular weight is 418 g/mol. The van der Waals surface area contributed by atoms with E-state index in [2.05, 4.69) is 37.4 Å². The Bertz CT molecular complexity index is 1070. The van der Waals surface area contributed by atoms with Crippen molar-refractivity contribution in [2.24, 2.45) is 5.92 Å². The van der Waals surface area contributed by atoms with Crippen molar-refractivity contribution < 1.29 is 9.53 Å². The number of hydrogen-bond donors (Lipinski definition) is 1. The Kier molecular flexibility index (Phi) is 5.32. The molecule has 1 aliphatic carbocycles. The predicted octanol–water partition coefficient (Wildman–Crippen LogP) is 3.10. The fourth-order valence-corrected chi connectivity index (χ4v) is 4.10. The number of ether oxygens (including phenoxy) is 1. The fraction of sp³-hybridized carbons (Fsp3) is 0.375. The van der Waals surface area contributed by atoms with Crippen molar-refractivity contribution in [2.45, 2.75) is 12.8 Å². The van der Waals surface area contributed by atoms with Gasteiger partial charge in [0.25, 0.3) is 5.91 Å². The average Bonchev–Trinajstić information content (AvgIpc) is 3.67. The van der Waals surface area contributed by atoms with Crippen LogP contribution in [0.2, 0.25) is 0 Å². The lowest BCUT2D eigenvalue weighted by molar-refractivity contribution is 0.0947. The van der Waals surface area contributed by atoms with Crippen LogP contribution in [-0.2, 0) is 0 Å². The first-order valence-corrected chi connectivity index (χ1v) is 10.9. The number of carbonyl (C=O) groups is 1. The molecular weight excluding hydrogens is 390 g/mol. The van der Waals surface area contributed by atoms with Gasteiger partial charge in [0, 0.05) is 49.2 Å². The summed E-state index contributed by atoms with van der Waals surface area (Å²) in [4.78, 5) is 17.3. The van der Waals surface area contributed by atoms with Crippen LogP contribution in [0.5, 0.6) is 5.75 Å². The van der Waals surface area contributed by atoms with Crippen LogP contribution in [-0.4, -0.2) is 55.9 Å². The Labute approximate surface area is 182 Å². The Morgan fingerprint density at radius 1 is 0.968 bits per heavy atom. The van der Waals surface area contributed by atoms with Gasteiger partial charge in [0.15, 0.2) is 11.5 Å². The molecule has 1 amide bonds. The number of benzene rings is 2. The van der Waals surface area contributed by atoms with Gasteiger partial charge in [0.2, 0.25) is 0 Å². The van der Waals surface area contributed by atoms with Crippen molar-refractivity contribution in [2.75, 3.05) is 49.6 Å². The van der Waals surface area contributed by atoms with Gasteiger partial charge in [-0.1, -0.05) is 24.3 Å². The number of anilines is 2. The first-order valence-electron chi connectivity index (χ1n) is 10.9. The standard InChI is InChI=1S/C24H27N5O2/c1-31-19-10-8-18(9-11-19)28-12-14-29(15-13-28)23-21-5-3-2-4-20(21)22(26-27-23)24(30)25-16-17-6-7-17/h2-5,8-11,17H,6-7,12-16H2,1H3,(H,25,30). The predicted molar refractivity (Wildman–Crippen MR) is 122 cm³/mol. The van der Waals surface area contributed by atoms with Crippen molar-refractivity contribution in [3.63, 3.8) is 0 Å². The number of rotatable bonds is 6. The number of fused-ring (bicyclic) bond motifs is 1. The van der Waals surface area contributed by atoms with E-state index in [0.717, 1.165) is 55.1 Å². The SMILES string of the molecule is COc1ccc(N2CCN(c3nnc(C(=O)NCC4CC4)c4ccccc34)CC2)cc1. The zero-order valence-electron chi connectivity index (χ0n) is 17.8. The molecular formula is C24H27N5O2. The molecule has 0 atom stereocenters. The van der Waals surface area contributed by atoms with Crippen LogP contribution < -0.4 is 19.9 Å². The van der Waals surface area contributed by atoms with E-state index in [-0.39, 0.29) is 5.91 Å². The van der Waals surface area contributed by atoms with Crippen molar-refractivity contribution >= 4 is 28.2 Å². The van der Waals surface area contributed by atoms with E-state index in [4.69, 9.17) is 4.74 Å². The molecule has 2 aliphatic rings. The lowest BCUT2D eigenvalue weighted by Crippen LogP contribution is -2.47. The molecule has 7 heteroatoms. The van der Waals surface area contributed by atoms with Crippen molar-refractivity contribution in [3.05, 3.63) is 54.2 Å². The van der Waals surface area contributed by atoms with Crippen LogP contribution in [0.3, 0.4) is 0 Å². The quantitative estimate of drug-likeness (QED) is 0.665. The van der Waals surface area contributed by atoms with Crippen LogP contribution >= 0.6 is 0 Å². The third kappa shape index (κ3) is 4.13. The van der Waals surface area contributed by atoms with Gasteiger partial charge in [0.1, 0.15) is 5.75 Å². The summed E-state index contributed by atoms with van der Waals surface area (Å²) in [6.07, 6.45) is 2.41. The lowest BCUT2D eigenvalue weighted by Gasteiger charge is -2.37. The molecule has 1 aromatic heterocycles. The fourth-order valence-electron chi connectivity index (χ4n) is 4.10. The maximum absolute atomic E-state index is 12.7. The number of nitrogens with one attached hydrogen (secondary N) is 1. The van der Waals surface area contributed by atoms with Crippen LogP contribution in [0, 0.1) is 5.92 Å². The maximum Gasteiger partial charge on any atom is 0.272 e. The Morgan fingerprint density at radius 3 is 2.32 bits per heavy atom. The second kappa shape index (κ2) is 8.41. The minimum Gasteiger partial charge on any atom is -0.497 e. The van der Waals surface area contributed by atoms with Gasteiger partial charge >= 0.3 is 0 Å². The van der Waals surface area contributed by atoms with Gasteiger partial charge in [-0.25, -0.2) is 0 Å². The summed E-state index contributed by atoms with van der Waals surface area (Å²) in [7, 11) is 1.68. The third-order valence-corrected chi connectivity index (χ3v) is 6.15. The number of methoxy groups -OCH3 is 1. The van der Waals surface area contributed by atoms with Crippen molar-refractivity contribution in [1.29, 1.82) is 0 Å². The molecule has 1 N–H and O–H groups in total. The largest absolute Gasteiger partial charge is 0.497 e. The summed E-state index contributed by atoms with van der Waals surface area (Å²) in [6, 6.07) is 16.1. The smallest absolute Gasteiger partial charge is 0.272 e. The van der Waals surface area contributed by atoms with E-state index in [1.807, 2.05) is 36.4 Å². The Hall–Kier alpha value is -3.35. The van der Waals surface area contributed by atoms with Gasteiger partial charge in [-0.2, -0.15) is 0 Å². The van der Waals surface area contributed by atoms with Gasteiger partial charge in [0.05, 0.1) is 7.11 Å². The number of carbonyl (C=O) groups excluding carboxylic acids is 1. The van der Waals surface area contributed by atoms with Crippen molar-refractivity contribution in [3.8, 4) is 5.75 Å². The van der Waals surface area contributed by atoms with Crippen LogP contribution in [0.4, 0.5) is 11.5 Å². The third-order valence-electron chi connectivity index (χ3n) is 6.15. The summed E-state index contributed by atoms with van der Waals surface area (Å²) in [6.45, 7) is 4.21. The first kappa shape index (κ1) is 19.6. The molecule has 2 aromatic carbocycles. The zero-order chi connectivity index (χ0) is 21.2. The molecule has 1 saturated heterocycles. The molecule has 1 aliphatic heterocycles. The second-order valence-electron chi connectivity index (χ2n) is 8.24. The lowest BCUT2D eigenvalue weighted by atomic mass is 10.1. The first-order chi connectivity index (χ1) is 15.2. The summed E-state index contributed by atoms with van der Waals surface area (Å²) >= 11 is 0. The number of aromatic nitrogens is 2. The summed E-state index contributed by atoms with van der Waals surface area (Å²) in [5, 5.41) is 13.7. The van der Waals surface area contributed by atoms with Gasteiger partial charge in [-0.3, -0.25) is 4.79 Å². The molecule has 0 radical (unpaired) electrons. The summed E-state index contributed by atoms with van der Waals surface area (Å²) in [5.74, 6) is 2.21. The van der Waals surface area contributed by atoms with Crippen LogP contribution in [0.25, 0.3) is 10.8 Å². The molecule has 3 aromatic rings. The number of amides is 1. The monoisotopic (exact) mass is 417 g/mol. The Morgan fingerprint density at radius 2 is 1.65 bits per heavy atom. The molecule has 0 spiro atoms. The van der Waals surface area contributed by atoms with E-state index in [1.165, 1.54) is 18.5 Å². The highest BCUT2D eigenvalue weighted by Crippen LogP contribution is 2.29. The van der Waals surface area contributed by atoms with E-state index in [1.54, 1.807) is 7.11 Å². The van der Waals surface area contributed by atoms with Crippen LogP contribution in [0.1, 0.15) is 23.3 Å². The van der Waals surface area contributed by atoms with Crippen molar-refractivity contribution in [1.82, 2.24) is 15.5 Å². The molecule has 5 rings (SSSR count). The highest BCUT2D eigenvalue weighted by atomic mass is 16.5. The molecule has 2 heterocycles. The highest BCUT2D eigenvalue weighted by molar-refractivity contribution is 6.07. The number of nitrogens with zero attached hydrogens (tertiary/aromatic N) is 4. The van der Waals surface area contributed by atoms with E-state index < -0.39 is 0 Å². The van der Waals surface area contributed by atoms with Crippen LogP contribution in [0.15, 0.2) is 48.5 Å².